The van der Waals surface area contributed by atoms with E-state index in [0.717, 1.165) is 31.1 Å². The number of hydrogen-bond acceptors (Lipinski definition) is 5. The minimum Gasteiger partial charge on any atom is -0.494 e. The number of amides is 1. The van der Waals surface area contributed by atoms with Crippen molar-refractivity contribution in [1.29, 1.82) is 0 Å². The molecule has 0 bridgehead atoms. The number of benzene rings is 2. The van der Waals surface area contributed by atoms with Crippen LogP contribution in [0.25, 0.3) is 0 Å². The zero-order valence-electron chi connectivity index (χ0n) is 17.8. The van der Waals surface area contributed by atoms with Gasteiger partial charge in [0.25, 0.3) is 5.91 Å². The van der Waals surface area contributed by atoms with Crippen molar-refractivity contribution in [2.24, 2.45) is 0 Å². The van der Waals surface area contributed by atoms with E-state index >= 15 is 0 Å². The average Bonchev–Trinajstić information content (AvgIpc) is 3.29. The monoisotopic (exact) mass is 420 g/mol. The van der Waals surface area contributed by atoms with Crippen LogP contribution in [0.3, 0.4) is 0 Å². The molecule has 1 fully saturated rings. The smallest absolute Gasteiger partial charge is 0.289 e. The van der Waals surface area contributed by atoms with E-state index < -0.39 is 0 Å². The van der Waals surface area contributed by atoms with Gasteiger partial charge in [0, 0.05) is 32.7 Å². The van der Waals surface area contributed by atoms with Crippen LogP contribution in [0.15, 0.2) is 71.1 Å². The molecule has 162 valence electrons. The highest BCUT2D eigenvalue weighted by molar-refractivity contribution is 5.91. The Morgan fingerprint density at radius 3 is 2.23 bits per heavy atom. The molecule has 3 aromatic rings. The first-order chi connectivity index (χ1) is 15.2. The van der Waals surface area contributed by atoms with Crippen molar-refractivity contribution in [3.8, 4) is 11.5 Å². The summed E-state index contributed by atoms with van der Waals surface area (Å²) < 4.78 is 16.9. The lowest BCUT2D eigenvalue weighted by molar-refractivity contribution is 0.0594. The van der Waals surface area contributed by atoms with E-state index in [9.17, 15) is 4.79 Å². The van der Waals surface area contributed by atoms with Crippen LogP contribution in [0.5, 0.6) is 11.5 Å². The summed E-state index contributed by atoms with van der Waals surface area (Å²) in [6, 6.07) is 21.4. The van der Waals surface area contributed by atoms with Crippen molar-refractivity contribution in [3.05, 3.63) is 83.8 Å². The van der Waals surface area contributed by atoms with Crippen LogP contribution in [-0.4, -0.2) is 48.5 Å². The van der Waals surface area contributed by atoms with E-state index in [0.29, 0.717) is 31.2 Å². The number of carbonyl (C=O) groups is 1. The van der Waals surface area contributed by atoms with Crippen LogP contribution in [0.2, 0.25) is 0 Å². The van der Waals surface area contributed by atoms with Crippen LogP contribution in [0.1, 0.15) is 28.8 Å². The minimum atomic E-state index is -0.0633. The number of nitrogens with zero attached hydrogens (tertiary/aromatic N) is 2. The first-order valence-electron chi connectivity index (χ1n) is 10.7. The van der Waals surface area contributed by atoms with Gasteiger partial charge < -0.3 is 18.8 Å². The molecular formula is C25H28N2O4. The van der Waals surface area contributed by atoms with Gasteiger partial charge in [0.1, 0.15) is 23.9 Å². The summed E-state index contributed by atoms with van der Waals surface area (Å²) in [7, 11) is 0. The standard InChI is InChI=1S/C25H28N2O4/c1-2-29-21-8-10-22(11-9-21)30-19-23-12-13-24(31-23)25(28)27-16-14-26(15-17-27)18-20-6-4-3-5-7-20/h3-13H,2,14-19H2,1H3. The highest BCUT2D eigenvalue weighted by Gasteiger charge is 2.24. The Balaban J connectivity index is 1.25. The first-order valence-corrected chi connectivity index (χ1v) is 10.7. The zero-order valence-corrected chi connectivity index (χ0v) is 17.8. The Labute approximate surface area is 183 Å². The molecule has 0 aliphatic carbocycles. The molecule has 6 heteroatoms. The Kier molecular flexibility index (Phi) is 6.89. The lowest BCUT2D eigenvalue weighted by Crippen LogP contribution is -2.48. The van der Waals surface area contributed by atoms with Gasteiger partial charge in [-0.1, -0.05) is 30.3 Å². The van der Waals surface area contributed by atoms with Crippen molar-refractivity contribution in [1.82, 2.24) is 9.80 Å². The van der Waals surface area contributed by atoms with E-state index in [1.54, 1.807) is 12.1 Å². The second-order valence-electron chi connectivity index (χ2n) is 7.51. The van der Waals surface area contributed by atoms with E-state index in [-0.39, 0.29) is 12.5 Å². The molecule has 4 rings (SSSR count). The van der Waals surface area contributed by atoms with Crippen molar-refractivity contribution >= 4 is 5.91 Å². The van der Waals surface area contributed by atoms with E-state index in [1.807, 2.05) is 42.2 Å². The van der Waals surface area contributed by atoms with Gasteiger partial charge in [-0.3, -0.25) is 9.69 Å². The topological polar surface area (TPSA) is 55.2 Å². The summed E-state index contributed by atoms with van der Waals surface area (Å²) in [5.74, 6) is 2.46. The van der Waals surface area contributed by atoms with Crippen molar-refractivity contribution < 1.29 is 18.7 Å². The Hall–Kier alpha value is -3.25. The molecule has 2 heterocycles. The van der Waals surface area contributed by atoms with Crippen molar-refractivity contribution in [2.45, 2.75) is 20.1 Å². The molecule has 0 saturated carbocycles. The summed E-state index contributed by atoms with van der Waals surface area (Å²) in [5, 5.41) is 0. The number of ether oxygens (including phenoxy) is 2. The lowest BCUT2D eigenvalue weighted by atomic mass is 10.2. The third kappa shape index (κ3) is 5.67. The molecule has 31 heavy (non-hydrogen) atoms. The van der Waals surface area contributed by atoms with Gasteiger partial charge in [0.2, 0.25) is 0 Å². The van der Waals surface area contributed by atoms with Crippen molar-refractivity contribution in [2.75, 3.05) is 32.8 Å². The molecule has 1 aromatic heterocycles. The van der Waals surface area contributed by atoms with E-state index in [2.05, 4.69) is 29.2 Å². The predicted molar refractivity (Wildman–Crippen MR) is 118 cm³/mol. The molecule has 1 aliphatic heterocycles. The van der Waals surface area contributed by atoms with Gasteiger partial charge in [0.05, 0.1) is 6.61 Å². The summed E-state index contributed by atoms with van der Waals surface area (Å²) in [6.07, 6.45) is 0. The van der Waals surface area contributed by atoms with Gasteiger partial charge >= 0.3 is 0 Å². The fraction of sp³-hybridized carbons (Fsp3) is 0.320. The predicted octanol–water partition coefficient (Wildman–Crippen LogP) is 4.22. The normalized spacial score (nSPS) is 14.4. The highest BCUT2D eigenvalue weighted by atomic mass is 16.5. The van der Waals surface area contributed by atoms with Gasteiger partial charge in [-0.2, -0.15) is 0 Å². The Morgan fingerprint density at radius 2 is 1.55 bits per heavy atom. The largest absolute Gasteiger partial charge is 0.494 e. The molecule has 6 nitrogen and oxygen atoms in total. The Morgan fingerprint density at radius 1 is 0.871 bits per heavy atom. The molecule has 0 unspecified atom stereocenters. The third-order valence-electron chi connectivity index (χ3n) is 5.30. The van der Waals surface area contributed by atoms with Crippen LogP contribution >= 0.6 is 0 Å². The summed E-state index contributed by atoms with van der Waals surface area (Å²) >= 11 is 0. The number of hydrogen-bond donors (Lipinski definition) is 0. The second kappa shape index (κ2) is 10.2. The molecule has 0 spiro atoms. The van der Waals surface area contributed by atoms with Crippen LogP contribution in [0.4, 0.5) is 0 Å². The first kappa shape index (κ1) is 21.0. The molecule has 2 aromatic carbocycles. The van der Waals surface area contributed by atoms with Crippen LogP contribution in [-0.2, 0) is 13.2 Å². The fourth-order valence-electron chi connectivity index (χ4n) is 3.63. The molecule has 1 saturated heterocycles. The van der Waals surface area contributed by atoms with E-state index in [4.69, 9.17) is 13.9 Å². The summed E-state index contributed by atoms with van der Waals surface area (Å²) in [5.41, 5.74) is 1.30. The SMILES string of the molecule is CCOc1ccc(OCc2ccc(C(=O)N3CCN(Cc4ccccc4)CC3)o2)cc1. The van der Waals surface area contributed by atoms with Gasteiger partial charge in [0.15, 0.2) is 5.76 Å². The maximum Gasteiger partial charge on any atom is 0.289 e. The maximum absolute atomic E-state index is 12.8. The van der Waals surface area contributed by atoms with E-state index in [1.165, 1.54) is 5.56 Å². The number of furan rings is 1. The summed E-state index contributed by atoms with van der Waals surface area (Å²) in [4.78, 5) is 17.0. The number of rotatable bonds is 8. The van der Waals surface area contributed by atoms with Crippen LogP contribution in [0, 0.1) is 0 Å². The quantitative estimate of drug-likeness (QED) is 0.546. The molecule has 1 aliphatic rings. The Bertz CT molecular complexity index is 961. The van der Waals surface area contributed by atoms with Crippen LogP contribution < -0.4 is 9.47 Å². The molecule has 0 radical (unpaired) electrons. The highest BCUT2D eigenvalue weighted by Crippen LogP contribution is 2.20. The fourth-order valence-corrected chi connectivity index (χ4v) is 3.63. The average molecular weight is 421 g/mol. The van der Waals surface area contributed by atoms with Gasteiger partial charge in [-0.25, -0.2) is 0 Å². The molecule has 0 N–H and O–H groups in total. The number of carbonyl (C=O) groups excluding carboxylic acids is 1. The van der Waals surface area contributed by atoms with Crippen molar-refractivity contribution in [3.63, 3.8) is 0 Å². The lowest BCUT2D eigenvalue weighted by Gasteiger charge is -2.34. The third-order valence-corrected chi connectivity index (χ3v) is 5.30. The number of piperazine rings is 1. The maximum atomic E-state index is 12.8. The minimum absolute atomic E-state index is 0.0633. The van der Waals surface area contributed by atoms with Gasteiger partial charge in [-0.15, -0.1) is 0 Å². The van der Waals surface area contributed by atoms with Gasteiger partial charge in [-0.05, 0) is 48.9 Å². The molecule has 0 atom stereocenters. The molecule has 1 amide bonds. The zero-order chi connectivity index (χ0) is 21.5. The second-order valence-corrected chi connectivity index (χ2v) is 7.51. The molecular weight excluding hydrogens is 392 g/mol. The summed E-state index contributed by atoms with van der Waals surface area (Å²) in [6.45, 7) is 6.87.